The smallest absolute Gasteiger partial charge is 0.336 e. The van der Waals surface area contributed by atoms with Crippen molar-refractivity contribution in [3.8, 4) is 0 Å². The highest BCUT2D eigenvalue weighted by molar-refractivity contribution is 5.88. The molecule has 2 aliphatic carbocycles. The van der Waals surface area contributed by atoms with Gasteiger partial charge in [0.2, 0.25) is 0 Å². The second kappa shape index (κ2) is 3.88. The predicted molar refractivity (Wildman–Crippen MR) is 71.7 cm³/mol. The van der Waals surface area contributed by atoms with E-state index in [0.717, 1.165) is 0 Å². The Labute approximate surface area is 132 Å². The highest BCUT2D eigenvalue weighted by atomic mass is 16.6. The molecule has 0 radical (unpaired) electrons. The normalized spacial score (nSPS) is 60.8. The first-order chi connectivity index (χ1) is 10.6. The SMILES string of the molecule is C[C@@H]1[C@@H](O)C[C@@]2(O)[C@@]13C[C@@H](OC(=O)[C@@H]3O)[C@](C)(O)[C@@]21COC1=O. The number of aliphatic hydroxyl groups excluding tert-OH is 2. The van der Waals surface area contributed by atoms with Crippen LogP contribution in [0, 0.1) is 16.7 Å². The fraction of sp³-hybridized carbons (Fsp3) is 0.867. The van der Waals surface area contributed by atoms with Crippen LogP contribution in [0.3, 0.4) is 0 Å². The molecule has 2 bridgehead atoms. The Bertz CT molecular complexity index is 617. The number of esters is 2. The van der Waals surface area contributed by atoms with Crippen LogP contribution in [0.4, 0.5) is 0 Å². The number of cyclic esters (lactones) is 1. The first-order valence-corrected chi connectivity index (χ1v) is 7.75. The maximum atomic E-state index is 12.4. The van der Waals surface area contributed by atoms with Gasteiger partial charge in [0.05, 0.1) is 11.7 Å². The predicted octanol–water partition coefficient (Wildman–Crippen LogP) is -1.91. The third kappa shape index (κ3) is 1.21. The molecule has 4 N–H and O–H groups in total. The molecule has 2 heterocycles. The second-order valence-electron chi connectivity index (χ2n) is 7.62. The summed E-state index contributed by atoms with van der Waals surface area (Å²) < 4.78 is 10.0. The molecule has 2 aliphatic heterocycles. The minimum absolute atomic E-state index is 0.0311. The maximum absolute atomic E-state index is 12.4. The number of rotatable bonds is 0. The van der Waals surface area contributed by atoms with E-state index in [1.807, 2.05) is 0 Å². The Hall–Kier alpha value is -1.22. The van der Waals surface area contributed by atoms with Crippen LogP contribution in [-0.4, -0.2) is 68.5 Å². The van der Waals surface area contributed by atoms with Crippen molar-refractivity contribution in [1.29, 1.82) is 0 Å². The van der Waals surface area contributed by atoms with Crippen molar-refractivity contribution < 1.29 is 39.5 Å². The summed E-state index contributed by atoms with van der Waals surface area (Å²) in [5.74, 6) is -2.41. The molecule has 2 saturated heterocycles. The molecule has 4 fully saturated rings. The molecular formula is C15H20O8. The van der Waals surface area contributed by atoms with Gasteiger partial charge in [-0.25, -0.2) is 4.79 Å². The molecule has 128 valence electrons. The van der Waals surface area contributed by atoms with Crippen molar-refractivity contribution in [1.82, 2.24) is 0 Å². The first-order valence-electron chi connectivity index (χ1n) is 7.75. The zero-order valence-corrected chi connectivity index (χ0v) is 12.9. The van der Waals surface area contributed by atoms with E-state index in [1.165, 1.54) is 6.92 Å². The molecular weight excluding hydrogens is 308 g/mol. The maximum Gasteiger partial charge on any atom is 0.336 e. The van der Waals surface area contributed by atoms with Crippen molar-refractivity contribution in [2.24, 2.45) is 16.7 Å². The van der Waals surface area contributed by atoms with Crippen molar-refractivity contribution in [2.75, 3.05) is 6.61 Å². The number of carbonyl (C=O) groups is 2. The fourth-order valence-corrected chi connectivity index (χ4v) is 5.59. The Morgan fingerprint density at radius 3 is 2.35 bits per heavy atom. The average molecular weight is 328 g/mol. The Kier molecular flexibility index (Phi) is 2.58. The van der Waals surface area contributed by atoms with E-state index in [4.69, 9.17) is 9.47 Å². The minimum atomic E-state index is -1.97. The van der Waals surface area contributed by atoms with Crippen LogP contribution in [-0.2, 0) is 19.1 Å². The third-order valence-corrected chi connectivity index (χ3v) is 7.12. The van der Waals surface area contributed by atoms with Crippen LogP contribution in [0.5, 0.6) is 0 Å². The lowest BCUT2D eigenvalue weighted by atomic mass is 9.42. The van der Waals surface area contributed by atoms with Crippen LogP contribution >= 0.6 is 0 Å². The summed E-state index contributed by atoms with van der Waals surface area (Å²) in [4.78, 5) is 24.5. The zero-order chi connectivity index (χ0) is 17.0. The molecule has 8 nitrogen and oxygen atoms in total. The second-order valence-corrected chi connectivity index (χ2v) is 7.62. The van der Waals surface area contributed by atoms with Gasteiger partial charge < -0.3 is 29.9 Å². The zero-order valence-electron chi connectivity index (χ0n) is 12.9. The summed E-state index contributed by atoms with van der Waals surface area (Å²) in [6, 6.07) is 0. The summed E-state index contributed by atoms with van der Waals surface area (Å²) in [7, 11) is 0. The van der Waals surface area contributed by atoms with E-state index in [0.29, 0.717) is 0 Å². The minimum Gasteiger partial charge on any atom is -0.464 e. The molecule has 8 heteroatoms. The summed E-state index contributed by atoms with van der Waals surface area (Å²) >= 11 is 0. The van der Waals surface area contributed by atoms with E-state index in [9.17, 15) is 30.0 Å². The van der Waals surface area contributed by atoms with Gasteiger partial charge in [0, 0.05) is 11.8 Å². The lowest BCUT2D eigenvalue weighted by Crippen LogP contribution is -2.86. The lowest BCUT2D eigenvalue weighted by molar-refractivity contribution is -0.359. The molecule has 0 aromatic carbocycles. The molecule has 4 aliphatic rings. The molecule has 0 amide bonds. The van der Waals surface area contributed by atoms with Crippen molar-refractivity contribution in [3.05, 3.63) is 0 Å². The number of ether oxygens (including phenoxy) is 2. The van der Waals surface area contributed by atoms with Crippen LogP contribution in [0.1, 0.15) is 26.7 Å². The van der Waals surface area contributed by atoms with E-state index < -0.39 is 58.2 Å². The average Bonchev–Trinajstić information content (AvgIpc) is 2.64. The Morgan fingerprint density at radius 1 is 1.17 bits per heavy atom. The highest BCUT2D eigenvalue weighted by Crippen LogP contribution is 2.72. The van der Waals surface area contributed by atoms with Gasteiger partial charge in [0.25, 0.3) is 0 Å². The van der Waals surface area contributed by atoms with Crippen LogP contribution in [0.2, 0.25) is 0 Å². The van der Waals surface area contributed by atoms with Crippen molar-refractivity contribution >= 4 is 11.9 Å². The van der Waals surface area contributed by atoms with Gasteiger partial charge in [-0.3, -0.25) is 4.79 Å². The van der Waals surface area contributed by atoms with Gasteiger partial charge in [-0.15, -0.1) is 0 Å². The number of aliphatic hydroxyl groups is 4. The van der Waals surface area contributed by atoms with Crippen LogP contribution < -0.4 is 0 Å². The Morgan fingerprint density at radius 2 is 1.83 bits per heavy atom. The van der Waals surface area contributed by atoms with E-state index in [2.05, 4.69) is 0 Å². The molecule has 2 saturated carbocycles. The highest BCUT2D eigenvalue weighted by Gasteiger charge is 2.88. The third-order valence-electron chi connectivity index (χ3n) is 7.12. The van der Waals surface area contributed by atoms with Gasteiger partial charge in [0.15, 0.2) is 11.5 Å². The number of hydrogen-bond acceptors (Lipinski definition) is 8. The first kappa shape index (κ1) is 15.3. The summed E-state index contributed by atoms with van der Waals surface area (Å²) in [6.07, 6.45) is -4.04. The molecule has 8 atom stereocenters. The van der Waals surface area contributed by atoms with Gasteiger partial charge in [0.1, 0.15) is 18.3 Å². The summed E-state index contributed by atoms with van der Waals surface area (Å²) in [5.41, 5.74) is -7.03. The van der Waals surface area contributed by atoms with Gasteiger partial charge in [-0.1, -0.05) is 6.92 Å². The van der Waals surface area contributed by atoms with Crippen LogP contribution in [0.25, 0.3) is 0 Å². The molecule has 4 rings (SSSR count). The quantitative estimate of drug-likeness (QED) is 0.379. The summed E-state index contributed by atoms with van der Waals surface area (Å²) in [5, 5.41) is 43.4. The van der Waals surface area contributed by atoms with Gasteiger partial charge in [-0.2, -0.15) is 0 Å². The fourth-order valence-electron chi connectivity index (χ4n) is 5.59. The molecule has 2 spiro atoms. The van der Waals surface area contributed by atoms with E-state index >= 15 is 0 Å². The topological polar surface area (TPSA) is 134 Å². The van der Waals surface area contributed by atoms with E-state index in [1.54, 1.807) is 6.92 Å². The van der Waals surface area contributed by atoms with Gasteiger partial charge >= 0.3 is 11.9 Å². The molecule has 23 heavy (non-hydrogen) atoms. The van der Waals surface area contributed by atoms with Crippen molar-refractivity contribution in [2.45, 2.75) is 56.2 Å². The van der Waals surface area contributed by atoms with Crippen LogP contribution in [0.15, 0.2) is 0 Å². The standard InChI is InChI=1S/C15H20O8/c1-6-7(16)3-15(21)13(6)4-8(23-10(18)9(13)17)12(2,20)14(15)5-22-11(14)19/h6-9,16-17,20-21H,3-5H2,1-2H3/t6-,7+,8-,9+,12+,13+,14+,15-/m1/s1. The van der Waals surface area contributed by atoms with Crippen molar-refractivity contribution in [3.63, 3.8) is 0 Å². The number of carbonyl (C=O) groups excluding carboxylic acids is 2. The monoisotopic (exact) mass is 328 g/mol. The lowest BCUT2D eigenvalue weighted by Gasteiger charge is -2.68. The van der Waals surface area contributed by atoms with E-state index in [-0.39, 0.29) is 19.4 Å². The summed E-state index contributed by atoms with van der Waals surface area (Å²) in [6.45, 7) is 2.71. The molecule has 0 unspecified atom stereocenters. The largest absolute Gasteiger partial charge is 0.464 e. The Balaban J connectivity index is 2.02. The van der Waals surface area contributed by atoms with Gasteiger partial charge in [-0.05, 0) is 19.3 Å². The number of fused-ring (bicyclic) bond motifs is 2. The molecule has 0 aromatic heterocycles. The number of hydrogen-bond donors (Lipinski definition) is 4. The molecule has 0 aromatic rings.